The van der Waals surface area contributed by atoms with Gasteiger partial charge in [-0.05, 0) is 19.3 Å². The second kappa shape index (κ2) is 6.56. The minimum absolute atomic E-state index is 0.0570. The van der Waals surface area contributed by atoms with E-state index in [1.54, 1.807) is 47.7 Å². The highest BCUT2D eigenvalue weighted by Crippen LogP contribution is 2.57. The Bertz CT molecular complexity index is 872. The summed E-state index contributed by atoms with van der Waals surface area (Å²) in [5, 5.41) is 9.69. The summed E-state index contributed by atoms with van der Waals surface area (Å²) in [4.78, 5) is 12.7. The van der Waals surface area contributed by atoms with Gasteiger partial charge in [0.2, 0.25) is 0 Å². The van der Waals surface area contributed by atoms with Crippen LogP contribution < -0.4 is 0 Å². The fourth-order valence-corrected chi connectivity index (χ4v) is 5.98. The number of thioether (sulfide) groups is 3. The third-order valence-electron chi connectivity index (χ3n) is 4.10. The molecule has 1 saturated heterocycles. The van der Waals surface area contributed by atoms with Crippen molar-refractivity contribution >= 4 is 47.1 Å². The molecule has 25 heavy (non-hydrogen) atoms. The molecule has 1 aromatic rings. The molecule has 4 heterocycles. The first-order valence-electron chi connectivity index (χ1n) is 7.57. The molecule has 126 valence electrons. The maximum atomic E-state index is 9.59. The first kappa shape index (κ1) is 16.8. The van der Waals surface area contributed by atoms with Crippen molar-refractivity contribution < 1.29 is 4.74 Å². The van der Waals surface area contributed by atoms with Crippen LogP contribution in [0, 0.1) is 11.3 Å². The molecule has 1 aromatic heterocycles. The van der Waals surface area contributed by atoms with Gasteiger partial charge in [0, 0.05) is 24.2 Å². The molecule has 0 radical (unpaired) electrons. The van der Waals surface area contributed by atoms with E-state index in [0.717, 1.165) is 21.3 Å². The van der Waals surface area contributed by atoms with E-state index in [1.165, 1.54) is 6.33 Å². The normalized spacial score (nSPS) is 31.9. The van der Waals surface area contributed by atoms with Gasteiger partial charge in [-0.15, -0.1) is 23.5 Å². The number of fused-ring (bicyclic) bond motifs is 2. The number of rotatable bonds is 2. The molecule has 0 spiro atoms. The van der Waals surface area contributed by atoms with Gasteiger partial charge in [0.15, 0.2) is 5.44 Å². The standard InChI is InChI=1S/C17H14N4OS3/c1-17(23-2)4-3-12-13(21-8-17)14-15(22-12)25-16(24-14)11(5-18)10-6-19-9-20-7-10/h3-4,6-9,14-15H,1-2H3/b16-11-. The highest BCUT2D eigenvalue weighted by molar-refractivity contribution is 8.26. The van der Waals surface area contributed by atoms with Gasteiger partial charge in [-0.2, -0.15) is 5.26 Å². The van der Waals surface area contributed by atoms with E-state index in [2.05, 4.69) is 35.3 Å². The summed E-state index contributed by atoms with van der Waals surface area (Å²) in [7, 11) is 0. The molecular formula is C17H14N4OS3. The number of nitriles is 1. The molecule has 0 N–H and O–H groups in total. The van der Waals surface area contributed by atoms with E-state index < -0.39 is 0 Å². The van der Waals surface area contributed by atoms with E-state index in [0.29, 0.717) is 5.57 Å². The Balaban J connectivity index is 1.65. The zero-order valence-corrected chi connectivity index (χ0v) is 16.0. The number of aromatic nitrogens is 2. The van der Waals surface area contributed by atoms with Crippen LogP contribution in [0.1, 0.15) is 12.5 Å². The topological polar surface area (TPSA) is 71.2 Å². The second-order valence-corrected chi connectivity index (χ2v) is 9.58. The van der Waals surface area contributed by atoms with Gasteiger partial charge in [-0.3, -0.25) is 4.99 Å². The van der Waals surface area contributed by atoms with Crippen LogP contribution in [0.15, 0.2) is 51.6 Å². The Morgan fingerprint density at radius 2 is 2.16 bits per heavy atom. The Morgan fingerprint density at radius 3 is 2.88 bits per heavy atom. The summed E-state index contributed by atoms with van der Waals surface area (Å²) in [5.74, 6) is 0.838. The third-order valence-corrected chi connectivity index (χ3v) is 8.13. The van der Waals surface area contributed by atoms with E-state index in [4.69, 9.17) is 9.73 Å². The predicted molar refractivity (Wildman–Crippen MR) is 105 cm³/mol. The average molecular weight is 387 g/mol. The van der Waals surface area contributed by atoms with Gasteiger partial charge in [-0.25, -0.2) is 9.97 Å². The van der Waals surface area contributed by atoms with Crippen molar-refractivity contribution in [3.05, 3.63) is 52.1 Å². The van der Waals surface area contributed by atoms with Crippen LogP contribution in [0.4, 0.5) is 0 Å². The first-order valence-corrected chi connectivity index (χ1v) is 10.6. The zero-order chi connectivity index (χ0) is 17.4. The lowest BCUT2D eigenvalue weighted by molar-refractivity contribution is 0.232. The van der Waals surface area contributed by atoms with Crippen LogP contribution in [0.5, 0.6) is 0 Å². The lowest BCUT2D eigenvalue weighted by atomic mass is 10.2. The summed E-state index contributed by atoms with van der Waals surface area (Å²) >= 11 is 4.95. The average Bonchev–Trinajstić information content (AvgIpc) is 3.12. The summed E-state index contributed by atoms with van der Waals surface area (Å²) in [5.41, 5.74) is 2.22. The maximum absolute atomic E-state index is 9.59. The molecule has 0 saturated carbocycles. The van der Waals surface area contributed by atoms with Gasteiger partial charge in [0.1, 0.15) is 29.1 Å². The second-order valence-electron chi connectivity index (χ2n) is 5.77. The SMILES string of the molecule is CSC1(C)C=CC2=C(N=C1)C1S/C(=C(\C#N)c3cncnc3)SC1O2. The highest BCUT2D eigenvalue weighted by atomic mass is 32.2. The minimum atomic E-state index is -0.128. The number of aliphatic imine (C=N–C) groups is 1. The molecule has 0 amide bonds. The van der Waals surface area contributed by atoms with Crippen LogP contribution in [-0.4, -0.2) is 37.9 Å². The summed E-state index contributed by atoms with van der Waals surface area (Å²) in [6.07, 6.45) is 13.0. The molecule has 3 atom stereocenters. The van der Waals surface area contributed by atoms with Gasteiger partial charge in [0.25, 0.3) is 0 Å². The summed E-state index contributed by atoms with van der Waals surface area (Å²) < 4.78 is 6.92. The molecule has 0 aromatic carbocycles. The Labute approximate surface area is 158 Å². The van der Waals surface area contributed by atoms with E-state index in [-0.39, 0.29) is 15.4 Å². The van der Waals surface area contributed by atoms with Crippen molar-refractivity contribution in [2.75, 3.05) is 6.26 Å². The van der Waals surface area contributed by atoms with E-state index >= 15 is 0 Å². The number of hydrogen-bond acceptors (Lipinski definition) is 8. The molecular weight excluding hydrogens is 372 g/mol. The molecule has 5 nitrogen and oxygen atoms in total. The van der Waals surface area contributed by atoms with Gasteiger partial charge in [-0.1, -0.05) is 17.8 Å². The number of ether oxygens (including phenoxy) is 1. The molecule has 1 fully saturated rings. The third kappa shape index (κ3) is 3.01. The van der Waals surface area contributed by atoms with Gasteiger partial charge in [0.05, 0.1) is 14.6 Å². The Kier molecular flexibility index (Phi) is 4.40. The smallest absolute Gasteiger partial charge is 0.167 e. The molecule has 4 rings (SSSR count). The largest absolute Gasteiger partial charge is 0.476 e. The van der Waals surface area contributed by atoms with Crippen LogP contribution in [-0.2, 0) is 4.74 Å². The van der Waals surface area contributed by atoms with Crippen molar-refractivity contribution in [1.82, 2.24) is 9.97 Å². The van der Waals surface area contributed by atoms with E-state index in [9.17, 15) is 5.26 Å². The summed E-state index contributed by atoms with van der Waals surface area (Å²) in [6.45, 7) is 2.13. The Hall–Kier alpha value is -1.69. The molecule has 3 aliphatic heterocycles. The van der Waals surface area contributed by atoms with Crippen LogP contribution in [0.25, 0.3) is 5.57 Å². The molecule has 8 heteroatoms. The molecule has 0 bridgehead atoms. The predicted octanol–water partition coefficient (Wildman–Crippen LogP) is 3.85. The van der Waals surface area contributed by atoms with Crippen molar-refractivity contribution in [2.45, 2.75) is 22.4 Å². The van der Waals surface area contributed by atoms with Crippen molar-refractivity contribution in [3.8, 4) is 6.07 Å². The maximum Gasteiger partial charge on any atom is 0.167 e. The first-order chi connectivity index (χ1) is 12.1. The van der Waals surface area contributed by atoms with Crippen molar-refractivity contribution in [2.24, 2.45) is 4.99 Å². The Morgan fingerprint density at radius 1 is 1.36 bits per heavy atom. The van der Waals surface area contributed by atoms with Crippen LogP contribution in [0.3, 0.4) is 0 Å². The lowest BCUT2D eigenvalue weighted by Gasteiger charge is -2.17. The fraction of sp³-hybridized carbons (Fsp3) is 0.294. The zero-order valence-electron chi connectivity index (χ0n) is 13.5. The van der Waals surface area contributed by atoms with Crippen LogP contribution in [0.2, 0.25) is 0 Å². The molecule has 3 aliphatic rings. The number of hydrogen-bond donors (Lipinski definition) is 0. The molecule has 0 aliphatic carbocycles. The summed E-state index contributed by atoms with van der Waals surface area (Å²) in [6, 6.07) is 2.29. The highest BCUT2D eigenvalue weighted by Gasteiger charge is 2.45. The molecule has 3 unspecified atom stereocenters. The number of allylic oxidation sites excluding steroid dienone is 2. The van der Waals surface area contributed by atoms with Crippen LogP contribution >= 0.6 is 35.3 Å². The lowest BCUT2D eigenvalue weighted by Crippen LogP contribution is -2.19. The van der Waals surface area contributed by atoms with Gasteiger partial charge >= 0.3 is 0 Å². The number of nitrogens with zero attached hydrogens (tertiary/aromatic N) is 4. The minimum Gasteiger partial charge on any atom is -0.476 e. The fourth-order valence-electron chi connectivity index (χ4n) is 2.60. The van der Waals surface area contributed by atoms with Crippen molar-refractivity contribution in [3.63, 3.8) is 0 Å². The van der Waals surface area contributed by atoms with Crippen molar-refractivity contribution in [1.29, 1.82) is 5.26 Å². The van der Waals surface area contributed by atoms with Gasteiger partial charge < -0.3 is 4.74 Å². The monoisotopic (exact) mass is 386 g/mol. The van der Waals surface area contributed by atoms with E-state index in [1.807, 2.05) is 12.3 Å². The quantitative estimate of drug-likeness (QED) is 0.715.